The van der Waals surface area contributed by atoms with E-state index in [-0.39, 0.29) is 6.54 Å². The van der Waals surface area contributed by atoms with Crippen molar-refractivity contribution in [2.75, 3.05) is 20.1 Å². The second kappa shape index (κ2) is 6.59. The van der Waals surface area contributed by atoms with Crippen LogP contribution in [0.15, 0.2) is 23.1 Å². The molecule has 0 unspecified atom stereocenters. The second-order valence-corrected chi connectivity index (χ2v) is 5.85. The maximum Gasteiger partial charge on any atom is 0.324 e. The zero-order valence-electron chi connectivity index (χ0n) is 11.4. The number of nitrogens with zero attached hydrogens (tertiary/aromatic N) is 2. The number of para-hydroxylation sites is 1. The smallest absolute Gasteiger partial charge is 0.324 e. The summed E-state index contributed by atoms with van der Waals surface area (Å²) in [5.74, 6) is -1.84. The second-order valence-electron chi connectivity index (χ2n) is 3.95. The van der Waals surface area contributed by atoms with Crippen molar-refractivity contribution in [2.45, 2.75) is 11.8 Å². The summed E-state index contributed by atoms with van der Waals surface area (Å²) in [5, 5.41) is 13.1. The first kappa shape index (κ1) is 17.0. The molecule has 0 fully saturated rings. The fraction of sp³-hybridized carbons (Fsp3) is 0.364. The molecule has 1 aromatic carbocycles. The molecule has 1 aromatic rings. The van der Waals surface area contributed by atoms with E-state index in [1.165, 1.54) is 14.0 Å². The summed E-state index contributed by atoms with van der Waals surface area (Å²) < 4.78 is 39.0. The Hall–Kier alpha value is -2.07. The van der Waals surface area contributed by atoms with Crippen molar-refractivity contribution >= 4 is 21.6 Å². The molecule has 0 aliphatic carbocycles. The van der Waals surface area contributed by atoms with Crippen LogP contribution in [0.4, 0.5) is 10.1 Å². The molecule has 0 atom stereocenters. The lowest BCUT2D eigenvalue weighted by Gasteiger charge is -2.19. The number of hydrogen-bond donors (Lipinski definition) is 1. The number of rotatable bonds is 6. The number of carbonyl (C=O) groups excluding carboxylic acids is 1. The van der Waals surface area contributed by atoms with Gasteiger partial charge in [-0.2, -0.15) is 8.70 Å². The Morgan fingerprint density at radius 3 is 2.57 bits per heavy atom. The molecule has 0 bridgehead atoms. The summed E-state index contributed by atoms with van der Waals surface area (Å²) in [6, 6.07) is 2.79. The van der Waals surface area contributed by atoms with Crippen LogP contribution in [0.3, 0.4) is 0 Å². The minimum atomic E-state index is -4.36. The maximum atomic E-state index is 13.5. The maximum absolute atomic E-state index is 13.5. The molecule has 0 aromatic heterocycles. The summed E-state index contributed by atoms with van der Waals surface area (Å²) in [6.07, 6.45) is 0. The number of benzene rings is 1. The highest BCUT2D eigenvalue weighted by Gasteiger charge is 2.34. The highest BCUT2D eigenvalue weighted by atomic mass is 32.2. The van der Waals surface area contributed by atoms with Gasteiger partial charge in [0, 0.05) is 13.6 Å². The van der Waals surface area contributed by atoms with Crippen LogP contribution < -0.4 is 5.32 Å². The molecule has 0 saturated carbocycles. The number of nitrogens with one attached hydrogen (secondary N) is 1. The lowest BCUT2D eigenvalue weighted by molar-refractivity contribution is -0.390. The van der Waals surface area contributed by atoms with Crippen LogP contribution in [0.25, 0.3) is 0 Å². The van der Waals surface area contributed by atoms with Crippen molar-refractivity contribution in [3.63, 3.8) is 0 Å². The Morgan fingerprint density at radius 2 is 2.10 bits per heavy atom. The number of halogens is 1. The predicted molar refractivity (Wildman–Crippen MR) is 71.6 cm³/mol. The van der Waals surface area contributed by atoms with Crippen molar-refractivity contribution in [3.05, 3.63) is 34.1 Å². The first-order chi connectivity index (χ1) is 9.75. The summed E-state index contributed by atoms with van der Waals surface area (Å²) in [7, 11) is -3.04. The first-order valence-electron chi connectivity index (χ1n) is 5.89. The van der Waals surface area contributed by atoms with Gasteiger partial charge in [0.15, 0.2) is 4.90 Å². The van der Waals surface area contributed by atoms with Gasteiger partial charge in [0.05, 0.1) is 11.5 Å². The predicted octanol–water partition coefficient (Wildman–Crippen LogP) is 0.491. The van der Waals surface area contributed by atoms with Crippen molar-refractivity contribution < 1.29 is 22.5 Å². The zero-order valence-corrected chi connectivity index (χ0v) is 12.2. The minimum Gasteiger partial charge on any atom is -0.358 e. The Balaban J connectivity index is 3.39. The van der Waals surface area contributed by atoms with E-state index in [0.717, 1.165) is 22.5 Å². The Morgan fingerprint density at radius 1 is 1.48 bits per heavy atom. The quantitative estimate of drug-likeness (QED) is 0.606. The molecule has 116 valence electrons. The van der Waals surface area contributed by atoms with Gasteiger partial charge >= 0.3 is 5.69 Å². The number of nitro benzene ring substituents is 1. The topological polar surface area (TPSA) is 110 Å². The van der Waals surface area contributed by atoms with Gasteiger partial charge in [-0.3, -0.25) is 14.9 Å². The normalized spacial score (nSPS) is 11.4. The van der Waals surface area contributed by atoms with Gasteiger partial charge < -0.3 is 5.32 Å². The minimum absolute atomic E-state index is 0.0938. The molecular formula is C11H14FN3O5S. The van der Waals surface area contributed by atoms with Crippen molar-refractivity contribution in [1.82, 2.24) is 9.62 Å². The summed E-state index contributed by atoms with van der Waals surface area (Å²) in [4.78, 5) is 20.3. The van der Waals surface area contributed by atoms with E-state index in [9.17, 15) is 27.7 Å². The van der Waals surface area contributed by atoms with E-state index in [4.69, 9.17) is 0 Å². The third-order valence-electron chi connectivity index (χ3n) is 2.70. The van der Waals surface area contributed by atoms with E-state index in [0.29, 0.717) is 0 Å². The fourth-order valence-electron chi connectivity index (χ4n) is 1.63. The van der Waals surface area contributed by atoms with Crippen molar-refractivity contribution in [1.29, 1.82) is 0 Å². The average molecular weight is 319 g/mol. The van der Waals surface area contributed by atoms with E-state index in [1.54, 1.807) is 0 Å². The molecule has 1 rings (SSSR count). The third-order valence-corrected chi connectivity index (χ3v) is 4.65. The summed E-state index contributed by atoms with van der Waals surface area (Å²) in [6.45, 7) is 0.859. The lowest BCUT2D eigenvalue weighted by atomic mass is 10.3. The van der Waals surface area contributed by atoms with E-state index in [1.807, 2.05) is 0 Å². The van der Waals surface area contributed by atoms with E-state index >= 15 is 0 Å². The molecule has 0 saturated heterocycles. The van der Waals surface area contributed by atoms with E-state index < -0.39 is 43.8 Å². The lowest BCUT2D eigenvalue weighted by Crippen LogP contribution is -2.39. The van der Waals surface area contributed by atoms with Crippen LogP contribution in [0, 0.1) is 15.9 Å². The van der Waals surface area contributed by atoms with Crippen molar-refractivity contribution in [2.24, 2.45) is 0 Å². The molecule has 0 heterocycles. The fourth-order valence-corrected chi connectivity index (χ4v) is 3.20. The van der Waals surface area contributed by atoms with Crippen molar-refractivity contribution in [3.8, 4) is 0 Å². The van der Waals surface area contributed by atoms with Crippen LogP contribution >= 0.6 is 0 Å². The molecule has 0 aliphatic rings. The van der Waals surface area contributed by atoms with Gasteiger partial charge in [-0.25, -0.2) is 8.42 Å². The highest BCUT2D eigenvalue weighted by molar-refractivity contribution is 7.89. The first-order valence-corrected chi connectivity index (χ1v) is 7.33. The standard InChI is InChI=1S/C11H14FN3O5S/c1-3-14(7-10(16)13-2)21(19,20)9-6-4-5-8(12)11(9)15(17)18/h4-6H,3,7H2,1-2H3,(H,13,16). The number of sulfonamides is 1. The monoisotopic (exact) mass is 319 g/mol. The molecule has 0 radical (unpaired) electrons. The largest absolute Gasteiger partial charge is 0.358 e. The van der Waals surface area contributed by atoms with Gasteiger partial charge in [0.2, 0.25) is 21.7 Å². The zero-order chi connectivity index (χ0) is 16.2. The van der Waals surface area contributed by atoms with Gasteiger partial charge in [-0.05, 0) is 12.1 Å². The Labute approximate surface area is 120 Å². The van der Waals surface area contributed by atoms with Crippen LogP contribution in [0.2, 0.25) is 0 Å². The molecule has 1 amide bonds. The molecule has 1 N–H and O–H groups in total. The number of nitro groups is 1. The number of carbonyl (C=O) groups is 1. The third kappa shape index (κ3) is 3.52. The van der Waals surface area contributed by atoms with Gasteiger partial charge in [-0.15, -0.1) is 0 Å². The van der Waals surface area contributed by atoms with Crippen LogP contribution in [0.5, 0.6) is 0 Å². The van der Waals surface area contributed by atoms with Crippen LogP contribution in [0.1, 0.15) is 6.92 Å². The van der Waals surface area contributed by atoms with Gasteiger partial charge in [0.1, 0.15) is 0 Å². The number of hydrogen-bond acceptors (Lipinski definition) is 5. The SMILES string of the molecule is CCN(CC(=O)NC)S(=O)(=O)c1cccc(F)c1[N+](=O)[O-]. The molecule has 8 nitrogen and oxygen atoms in total. The van der Waals surface area contributed by atoms with E-state index in [2.05, 4.69) is 5.32 Å². The molecule has 0 spiro atoms. The number of amides is 1. The molecular weight excluding hydrogens is 305 g/mol. The molecule has 0 aliphatic heterocycles. The van der Waals surface area contributed by atoms with Gasteiger partial charge in [-0.1, -0.05) is 13.0 Å². The van der Waals surface area contributed by atoms with Crippen LogP contribution in [-0.2, 0) is 14.8 Å². The highest BCUT2D eigenvalue weighted by Crippen LogP contribution is 2.28. The summed E-state index contributed by atoms with van der Waals surface area (Å²) >= 11 is 0. The molecule has 21 heavy (non-hydrogen) atoms. The van der Waals surface area contributed by atoms with Crippen LogP contribution in [-0.4, -0.2) is 43.7 Å². The Kier molecular flexibility index (Phi) is 5.33. The number of likely N-dealkylation sites (N-methyl/N-ethyl adjacent to an activating group) is 2. The molecule has 10 heteroatoms. The Bertz CT molecular complexity index is 662. The average Bonchev–Trinajstić information content (AvgIpc) is 2.43. The van der Waals surface area contributed by atoms with Gasteiger partial charge in [0.25, 0.3) is 0 Å². The summed E-state index contributed by atoms with van der Waals surface area (Å²) in [5.41, 5.74) is -1.13.